The molecule has 0 unspecified atom stereocenters. The van der Waals surface area contributed by atoms with E-state index in [1.165, 1.54) is 16.9 Å². The molecular weight excluding hydrogens is 280 g/mol. The second kappa shape index (κ2) is 6.50. The second-order valence-electron chi connectivity index (χ2n) is 4.90. The Labute approximate surface area is 128 Å². The molecule has 0 radical (unpaired) electrons. The van der Waals surface area contributed by atoms with Gasteiger partial charge in [-0.05, 0) is 42.5 Å². The van der Waals surface area contributed by atoms with Crippen molar-refractivity contribution < 1.29 is 4.79 Å². The molecule has 1 aliphatic carbocycles. The van der Waals surface area contributed by atoms with Crippen LogP contribution in [0.2, 0.25) is 0 Å². The summed E-state index contributed by atoms with van der Waals surface area (Å²) in [6, 6.07) is 12.0. The highest BCUT2D eigenvalue weighted by Crippen LogP contribution is 2.30. The molecule has 106 valence electrons. The first-order valence-electron chi connectivity index (χ1n) is 6.99. The van der Waals surface area contributed by atoms with Crippen LogP contribution in [0.3, 0.4) is 0 Å². The number of thiophene rings is 1. The lowest BCUT2D eigenvalue weighted by Gasteiger charge is -1.95. The number of hydrazone groups is 1. The Morgan fingerprint density at radius 1 is 1.24 bits per heavy atom. The van der Waals surface area contributed by atoms with Crippen molar-refractivity contribution >= 4 is 29.5 Å². The fourth-order valence-corrected chi connectivity index (χ4v) is 3.50. The maximum absolute atomic E-state index is 11.9. The van der Waals surface area contributed by atoms with Gasteiger partial charge in [0.15, 0.2) is 0 Å². The van der Waals surface area contributed by atoms with Crippen LogP contribution in [0.25, 0.3) is 6.08 Å². The molecule has 0 bridgehead atoms. The van der Waals surface area contributed by atoms with Gasteiger partial charge in [0.25, 0.3) is 5.91 Å². The van der Waals surface area contributed by atoms with Gasteiger partial charge < -0.3 is 0 Å². The van der Waals surface area contributed by atoms with Crippen LogP contribution in [-0.2, 0) is 12.8 Å². The maximum atomic E-state index is 11.9. The van der Waals surface area contributed by atoms with E-state index >= 15 is 0 Å². The number of carbonyl (C=O) groups excluding carboxylic acids is 1. The fourth-order valence-electron chi connectivity index (χ4n) is 2.35. The van der Waals surface area contributed by atoms with Gasteiger partial charge in [0, 0.05) is 11.1 Å². The van der Waals surface area contributed by atoms with Crippen LogP contribution in [0.4, 0.5) is 0 Å². The molecule has 0 atom stereocenters. The van der Waals surface area contributed by atoms with Gasteiger partial charge >= 0.3 is 0 Å². The van der Waals surface area contributed by atoms with Gasteiger partial charge in [-0.3, -0.25) is 4.79 Å². The van der Waals surface area contributed by atoms with Crippen molar-refractivity contribution in [1.29, 1.82) is 0 Å². The van der Waals surface area contributed by atoms with Crippen molar-refractivity contribution in [2.24, 2.45) is 5.10 Å². The number of fused-ring (bicyclic) bond motifs is 1. The number of amides is 1. The van der Waals surface area contributed by atoms with Crippen molar-refractivity contribution in [3.05, 3.63) is 63.4 Å². The number of hydrogen-bond acceptors (Lipinski definition) is 3. The monoisotopic (exact) mass is 296 g/mol. The number of nitrogens with zero attached hydrogens (tertiary/aromatic N) is 1. The summed E-state index contributed by atoms with van der Waals surface area (Å²) in [5.74, 6) is -0.126. The summed E-state index contributed by atoms with van der Waals surface area (Å²) in [5, 5.41) is 3.94. The Hall–Kier alpha value is -2.20. The largest absolute Gasteiger partial charge is 0.281 e. The third-order valence-corrected chi connectivity index (χ3v) is 4.62. The molecule has 3 rings (SSSR count). The second-order valence-corrected chi connectivity index (χ2v) is 6.04. The van der Waals surface area contributed by atoms with Gasteiger partial charge in [-0.2, -0.15) is 5.10 Å². The summed E-state index contributed by atoms with van der Waals surface area (Å²) in [7, 11) is 0. The van der Waals surface area contributed by atoms with Crippen molar-refractivity contribution in [3.8, 4) is 0 Å². The van der Waals surface area contributed by atoms with Crippen LogP contribution < -0.4 is 5.43 Å². The topological polar surface area (TPSA) is 41.5 Å². The molecule has 0 aliphatic heterocycles. The number of allylic oxidation sites excluding steroid dienone is 1. The molecule has 1 amide bonds. The highest BCUT2D eigenvalue weighted by molar-refractivity contribution is 7.14. The molecule has 0 spiro atoms. The molecule has 0 fully saturated rings. The summed E-state index contributed by atoms with van der Waals surface area (Å²) in [4.78, 5) is 14.1. The molecular formula is C17H16N2OS. The molecule has 1 aromatic heterocycles. The highest BCUT2D eigenvalue weighted by Gasteiger charge is 2.17. The zero-order valence-corrected chi connectivity index (χ0v) is 12.4. The van der Waals surface area contributed by atoms with Crippen molar-refractivity contribution in [1.82, 2.24) is 5.43 Å². The van der Waals surface area contributed by atoms with Crippen LogP contribution >= 0.6 is 11.3 Å². The average Bonchev–Trinajstić information content (AvgIpc) is 3.09. The Morgan fingerprint density at radius 3 is 2.90 bits per heavy atom. The van der Waals surface area contributed by atoms with Crippen molar-refractivity contribution in [2.45, 2.75) is 19.3 Å². The lowest BCUT2D eigenvalue weighted by Crippen LogP contribution is -2.15. The number of rotatable bonds is 4. The standard InChI is InChI=1S/C17H16N2OS/c20-17(16-12-14-9-4-10-15(14)21-16)19-18-11-5-8-13-6-2-1-3-7-13/h1-3,5-8,11-12H,4,9-10H2,(H,19,20)/b8-5+,18-11-. The van der Waals surface area contributed by atoms with Gasteiger partial charge in [-0.25, -0.2) is 5.43 Å². The first kappa shape index (κ1) is 13.8. The Bertz CT molecular complexity index is 665. The molecule has 1 aromatic carbocycles. The fraction of sp³-hybridized carbons (Fsp3) is 0.176. The van der Waals surface area contributed by atoms with E-state index in [9.17, 15) is 4.79 Å². The molecule has 2 aromatic rings. The molecule has 1 N–H and O–H groups in total. The van der Waals surface area contributed by atoms with Crippen LogP contribution in [0, 0.1) is 0 Å². The maximum Gasteiger partial charge on any atom is 0.281 e. The Kier molecular flexibility index (Phi) is 4.26. The van der Waals surface area contributed by atoms with Crippen LogP contribution in [-0.4, -0.2) is 12.1 Å². The molecule has 1 heterocycles. The van der Waals surface area contributed by atoms with E-state index < -0.39 is 0 Å². The van der Waals surface area contributed by atoms with E-state index in [4.69, 9.17) is 0 Å². The Balaban J connectivity index is 1.53. The molecule has 4 heteroatoms. The quantitative estimate of drug-likeness (QED) is 0.679. The minimum Gasteiger partial charge on any atom is -0.266 e. The van der Waals surface area contributed by atoms with Crippen LogP contribution in [0.5, 0.6) is 0 Å². The SMILES string of the molecule is O=C(N/N=C\C=C\c1ccccc1)c1cc2c(s1)CCC2. The third-order valence-electron chi connectivity index (χ3n) is 3.39. The molecule has 1 aliphatic rings. The smallest absolute Gasteiger partial charge is 0.266 e. The number of hydrogen-bond donors (Lipinski definition) is 1. The lowest BCUT2D eigenvalue weighted by atomic mass is 10.2. The van der Waals surface area contributed by atoms with Gasteiger partial charge in [0.05, 0.1) is 4.88 Å². The summed E-state index contributed by atoms with van der Waals surface area (Å²) < 4.78 is 0. The third kappa shape index (κ3) is 3.47. The van der Waals surface area contributed by atoms with E-state index in [0.717, 1.165) is 23.3 Å². The summed E-state index contributed by atoms with van der Waals surface area (Å²) in [6.45, 7) is 0. The molecule has 3 nitrogen and oxygen atoms in total. The van der Waals surface area contributed by atoms with E-state index in [2.05, 4.69) is 10.5 Å². The predicted octanol–water partition coefficient (Wildman–Crippen LogP) is 3.67. The molecule has 0 saturated heterocycles. The normalized spacial score (nSPS) is 13.9. The lowest BCUT2D eigenvalue weighted by molar-refractivity contribution is 0.0959. The van der Waals surface area contributed by atoms with Crippen molar-refractivity contribution in [2.75, 3.05) is 0 Å². The number of carbonyl (C=O) groups is 1. The molecule has 21 heavy (non-hydrogen) atoms. The zero-order valence-electron chi connectivity index (χ0n) is 11.6. The van der Waals surface area contributed by atoms with E-state index in [0.29, 0.717) is 0 Å². The minimum absolute atomic E-state index is 0.126. The molecule has 0 saturated carbocycles. The van der Waals surface area contributed by atoms with E-state index in [1.54, 1.807) is 17.6 Å². The first-order valence-corrected chi connectivity index (χ1v) is 7.81. The predicted molar refractivity (Wildman–Crippen MR) is 87.8 cm³/mol. The average molecular weight is 296 g/mol. The summed E-state index contributed by atoms with van der Waals surface area (Å²) in [5.41, 5.74) is 5.00. The highest BCUT2D eigenvalue weighted by atomic mass is 32.1. The zero-order chi connectivity index (χ0) is 14.5. The van der Waals surface area contributed by atoms with Crippen LogP contribution in [0.1, 0.15) is 32.1 Å². The van der Waals surface area contributed by atoms with Crippen LogP contribution in [0.15, 0.2) is 47.6 Å². The van der Waals surface area contributed by atoms with E-state index in [1.807, 2.05) is 48.6 Å². The number of nitrogens with one attached hydrogen (secondary N) is 1. The van der Waals surface area contributed by atoms with Crippen molar-refractivity contribution in [3.63, 3.8) is 0 Å². The number of aryl methyl sites for hydroxylation is 2. The van der Waals surface area contributed by atoms with Gasteiger partial charge in [-0.15, -0.1) is 11.3 Å². The van der Waals surface area contributed by atoms with E-state index in [-0.39, 0.29) is 5.91 Å². The van der Waals surface area contributed by atoms with Gasteiger partial charge in [0.2, 0.25) is 0 Å². The number of benzene rings is 1. The summed E-state index contributed by atoms with van der Waals surface area (Å²) >= 11 is 1.59. The van der Waals surface area contributed by atoms with Gasteiger partial charge in [0.1, 0.15) is 0 Å². The first-order chi connectivity index (χ1) is 10.3. The minimum atomic E-state index is -0.126. The Morgan fingerprint density at radius 2 is 2.10 bits per heavy atom. The van der Waals surface area contributed by atoms with Gasteiger partial charge in [-0.1, -0.05) is 36.4 Å². The summed E-state index contributed by atoms with van der Waals surface area (Å²) in [6.07, 6.45) is 8.76.